The van der Waals surface area contributed by atoms with Crippen LogP contribution in [0.15, 0.2) is 6.33 Å². The van der Waals surface area contributed by atoms with E-state index in [4.69, 9.17) is 4.74 Å². The summed E-state index contributed by atoms with van der Waals surface area (Å²) in [5.41, 5.74) is 0. The molecule has 5 nitrogen and oxygen atoms in total. The maximum absolute atomic E-state index is 5.77. The van der Waals surface area contributed by atoms with Crippen LogP contribution in [0.1, 0.15) is 44.5 Å². The van der Waals surface area contributed by atoms with E-state index in [9.17, 15) is 0 Å². The van der Waals surface area contributed by atoms with E-state index >= 15 is 0 Å². The van der Waals surface area contributed by atoms with Crippen LogP contribution < -0.4 is 0 Å². The van der Waals surface area contributed by atoms with Gasteiger partial charge >= 0.3 is 0 Å². The number of hydrogen-bond donors (Lipinski definition) is 1. The molecule has 1 saturated heterocycles. The molecule has 0 aromatic carbocycles. The van der Waals surface area contributed by atoms with Gasteiger partial charge in [-0.05, 0) is 19.8 Å². The van der Waals surface area contributed by atoms with E-state index in [-0.39, 0.29) is 12.1 Å². The lowest BCUT2D eigenvalue weighted by atomic mass is 10.0. The Morgan fingerprint density at radius 3 is 2.94 bits per heavy atom. The molecule has 1 aromatic rings. The molecule has 2 heterocycles. The maximum Gasteiger partial charge on any atom is 0.144 e. The van der Waals surface area contributed by atoms with Gasteiger partial charge in [0.15, 0.2) is 0 Å². The normalized spacial score (nSPS) is 32.1. The Labute approximate surface area is 102 Å². The summed E-state index contributed by atoms with van der Waals surface area (Å²) in [6, 6.07) is 0.950. The van der Waals surface area contributed by atoms with Crippen LogP contribution in [0.3, 0.4) is 0 Å². The SMILES string of the molecule is CC1OCCN(C2CCCC2)C1c1ncn[nH]1. The van der Waals surface area contributed by atoms with E-state index < -0.39 is 0 Å². The number of aromatic amines is 1. The minimum absolute atomic E-state index is 0.192. The summed E-state index contributed by atoms with van der Waals surface area (Å²) in [6.45, 7) is 3.98. The summed E-state index contributed by atoms with van der Waals surface area (Å²) in [5.74, 6) is 0.948. The van der Waals surface area contributed by atoms with Gasteiger partial charge in [-0.1, -0.05) is 12.8 Å². The fourth-order valence-corrected chi connectivity index (χ4v) is 3.23. The van der Waals surface area contributed by atoms with Gasteiger partial charge in [-0.3, -0.25) is 10.00 Å². The molecule has 5 heteroatoms. The number of hydrogen-bond acceptors (Lipinski definition) is 4. The van der Waals surface area contributed by atoms with Crippen LogP contribution in [-0.4, -0.2) is 45.4 Å². The van der Waals surface area contributed by atoms with E-state index in [1.54, 1.807) is 6.33 Å². The van der Waals surface area contributed by atoms with Crippen molar-refractivity contribution in [1.29, 1.82) is 0 Å². The van der Waals surface area contributed by atoms with Crippen molar-refractivity contribution in [2.45, 2.75) is 50.8 Å². The molecule has 0 radical (unpaired) electrons. The van der Waals surface area contributed by atoms with Crippen LogP contribution in [0.5, 0.6) is 0 Å². The average molecular weight is 236 g/mol. The van der Waals surface area contributed by atoms with Gasteiger partial charge in [0.1, 0.15) is 12.2 Å². The standard InChI is InChI=1S/C12H20N4O/c1-9-11(12-13-8-14-15-12)16(6-7-17-9)10-4-2-3-5-10/h8-11H,2-7H2,1H3,(H,13,14,15). The number of morpholine rings is 1. The van der Waals surface area contributed by atoms with Gasteiger partial charge in [0.2, 0.25) is 0 Å². The van der Waals surface area contributed by atoms with Gasteiger partial charge in [0.05, 0.1) is 18.8 Å². The number of aromatic nitrogens is 3. The van der Waals surface area contributed by atoms with Crippen molar-refractivity contribution < 1.29 is 4.74 Å². The topological polar surface area (TPSA) is 54.0 Å². The molecule has 0 bridgehead atoms. The molecule has 1 aliphatic carbocycles. The van der Waals surface area contributed by atoms with E-state index in [0.29, 0.717) is 6.04 Å². The molecule has 1 aliphatic heterocycles. The third kappa shape index (κ3) is 2.09. The van der Waals surface area contributed by atoms with Crippen LogP contribution >= 0.6 is 0 Å². The molecule has 2 unspecified atom stereocenters. The molecule has 1 N–H and O–H groups in total. The van der Waals surface area contributed by atoms with Crippen molar-refractivity contribution >= 4 is 0 Å². The van der Waals surface area contributed by atoms with Crippen LogP contribution in [0.4, 0.5) is 0 Å². The quantitative estimate of drug-likeness (QED) is 0.845. The molecule has 1 aromatic heterocycles. The number of ether oxygens (including phenoxy) is 1. The number of H-pyrrole nitrogens is 1. The number of nitrogens with zero attached hydrogens (tertiary/aromatic N) is 3. The fraction of sp³-hybridized carbons (Fsp3) is 0.833. The van der Waals surface area contributed by atoms with Crippen LogP contribution in [0, 0.1) is 0 Å². The van der Waals surface area contributed by atoms with Gasteiger partial charge in [-0.25, -0.2) is 4.98 Å². The first-order valence-corrected chi connectivity index (χ1v) is 6.59. The Balaban J connectivity index is 1.83. The highest BCUT2D eigenvalue weighted by Gasteiger charge is 2.37. The smallest absolute Gasteiger partial charge is 0.144 e. The van der Waals surface area contributed by atoms with Crippen molar-refractivity contribution in [3.8, 4) is 0 Å². The zero-order valence-corrected chi connectivity index (χ0v) is 10.3. The highest BCUT2D eigenvalue weighted by atomic mass is 16.5. The summed E-state index contributed by atoms with van der Waals surface area (Å²) in [6.07, 6.45) is 7.13. The van der Waals surface area contributed by atoms with Crippen LogP contribution in [-0.2, 0) is 4.74 Å². The van der Waals surface area contributed by atoms with E-state index in [1.165, 1.54) is 25.7 Å². The molecule has 2 aliphatic rings. The Bertz CT molecular complexity index is 347. The molecule has 94 valence electrons. The van der Waals surface area contributed by atoms with Crippen LogP contribution in [0.2, 0.25) is 0 Å². The first-order valence-electron chi connectivity index (χ1n) is 6.59. The van der Waals surface area contributed by atoms with Crippen molar-refractivity contribution in [3.63, 3.8) is 0 Å². The molecular formula is C12H20N4O. The van der Waals surface area contributed by atoms with Gasteiger partial charge in [-0.15, -0.1) is 0 Å². The van der Waals surface area contributed by atoms with E-state index in [1.807, 2.05) is 0 Å². The highest BCUT2D eigenvalue weighted by molar-refractivity contribution is 5.00. The second-order valence-electron chi connectivity index (χ2n) is 5.07. The third-order valence-electron chi connectivity index (χ3n) is 4.04. The largest absolute Gasteiger partial charge is 0.375 e. The van der Waals surface area contributed by atoms with Crippen molar-refractivity contribution in [2.75, 3.05) is 13.2 Å². The summed E-state index contributed by atoms with van der Waals surface area (Å²) in [4.78, 5) is 6.89. The number of nitrogens with one attached hydrogen (secondary N) is 1. The zero-order chi connectivity index (χ0) is 11.7. The van der Waals surface area contributed by atoms with Gasteiger partial charge < -0.3 is 4.74 Å². The predicted molar refractivity (Wildman–Crippen MR) is 63.5 cm³/mol. The Morgan fingerprint density at radius 2 is 2.24 bits per heavy atom. The molecular weight excluding hydrogens is 216 g/mol. The fourth-order valence-electron chi connectivity index (χ4n) is 3.23. The average Bonchev–Trinajstić information content (AvgIpc) is 3.02. The Kier molecular flexibility index (Phi) is 3.11. The first-order chi connectivity index (χ1) is 8.36. The first kappa shape index (κ1) is 11.2. The van der Waals surface area contributed by atoms with Crippen molar-refractivity contribution in [3.05, 3.63) is 12.2 Å². The summed E-state index contributed by atoms with van der Waals surface area (Å²) >= 11 is 0. The molecule has 17 heavy (non-hydrogen) atoms. The summed E-state index contributed by atoms with van der Waals surface area (Å²) in [5, 5.41) is 6.98. The molecule has 3 rings (SSSR count). The van der Waals surface area contributed by atoms with Crippen molar-refractivity contribution in [2.24, 2.45) is 0 Å². The van der Waals surface area contributed by atoms with Gasteiger partial charge in [0, 0.05) is 12.6 Å². The molecule has 2 atom stereocenters. The van der Waals surface area contributed by atoms with E-state index in [2.05, 4.69) is 27.0 Å². The zero-order valence-electron chi connectivity index (χ0n) is 10.3. The van der Waals surface area contributed by atoms with E-state index in [0.717, 1.165) is 19.0 Å². The second kappa shape index (κ2) is 4.74. The van der Waals surface area contributed by atoms with Gasteiger partial charge in [-0.2, -0.15) is 5.10 Å². The third-order valence-corrected chi connectivity index (χ3v) is 4.04. The molecule has 0 spiro atoms. The minimum atomic E-state index is 0.192. The van der Waals surface area contributed by atoms with Crippen LogP contribution in [0.25, 0.3) is 0 Å². The van der Waals surface area contributed by atoms with Gasteiger partial charge in [0.25, 0.3) is 0 Å². The minimum Gasteiger partial charge on any atom is -0.375 e. The number of rotatable bonds is 2. The molecule has 1 saturated carbocycles. The highest BCUT2D eigenvalue weighted by Crippen LogP contribution is 2.34. The summed E-state index contributed by atoms with van der Waals surface area (Å²) < 4.78 is 5.77. The molecule has 0 amide bonds. The predicted octanol–water partition coefficient (Wildman–Crippen LogP) is 1.51. The lowest BCUT2D eigenvalue weighted by molar-refractivity contribution is -0.0815. The second-order valence-corrected chi connectivity index (χ2v) is 5.07. The van der Waals surface area contributed by atoms with Crippen molar-refractivity contribution in [1.82, 2.24) is 20.1 Å². The summed E-state index contributed by atoms with van der Waals surface area (Å²) in [7, 11) is 0. The monoisotopic (exact) mass is 236 g/mol. The Morgan fingerprint density at radius 1 is 1.41 bits per heavy atom. The molecule has 2 fully saturated rings. The maximum atomic E-state index is 5.77. The lowest BCUT2D eigenvalue weighted by Gasteiger charge is -2.42. The lowest BCUT2D eigenvalue weighted by Crippen LogP contribution is -2.48. The Hall–Kier alpha value is -0.940.